The second-order valence-electron chi connectivity index (χ2n) is 6.13. The van der Waals surface area contributed by atoms with Gasteiger partial charge in [0.2, 0.25) is 11.8 Å². The van der Waals surface area contributed by atoms with Crippen LogP contribution in [0.2, 0.25) is 0 Å². The molecule has 3 amide bonds. The molecule has 0 saturated heterocycles. The summed E-state index contributed by atoms with van der Waals surface area (Å²) < 4.78 is 0. The van der Waals surface area contributed by atoms with Gasteiger partial charge in [-0.15, -0.1) is 0 Å². The van der Waals surface area contributed by atoms with E-state index in [4.69, 9.17) is 5.73 Å². The number of hydrogen-bond donors (Lipinski definition) is 4. The van der Waals surface area contributed by atoms with Crippen molar-refractivity contribution in [2.24, 2.45) is 5.73 Å². The predicted octanol–water partition coefficient (Wildman–Crippen LogP) is 1.11. The summed E-state index contributed by atoms with van der Waals surface area (Å²) in [6, 6.07) is 15.4. The maximum atomic E-state index is 12.1. The number of primary amides is 1. The Morgan fingerprint density at radius 3 is 2.44 bits per heavy atom. The summed E-state index contributed by atoms with van der Waals surface area (Å²) >= 11 is 0. The first-order chi connectivity index (χ1) is 13.0. The molecule has 0 spiro atoms. The fourth-order valence-corrected chi connectivity index (χ4v) is 2.84. The smallest absolute Gasteiger partial charge is 0.251 e. The minimum absolute atomic E-state index is 0.245. The van der Waals surface area contributed by atoms with Gasteiger partial charge in [-0.1, -0.05) is 36.4 Å². The molecule has 0 fully saturated rings. The summed E-state index contributed by atoms with van der Waals surface area (Å²) in [5, 5.41) is 6.07. The van der Waals surface area contributed by atoms with Gasteiger partial charge in [-0.05, 0) is 23.8 Å². The molecular formula is C20H20N4O3. The van der Waals surface area contributed by atoms with Gasteiger partial charge in [0.25, 0.3) is 5.91 Å². The number of carbonyl (C=O) groups is 3. The third-order valence-electron chi connectivity index (χ3n) is 4.22. The van der Waals surface area contributed by atoms with Crippen LogP contribution in [-0.2, 0) is 16.0 Å². The van der Waals surface area contributed by atoms with Gasteiger partial charge in [0.15, 0.2) is 0 Å². The summed E-state index contributed by atoms with van der Waals surface area (Å²) in [5.41, 5.74) is 7.72. The number of carbonyl (C=O) groups excluding carboxylic acids is 3. The number of para-hydroxylation sites is 1. The SMILES string of the molecule is NC(=O)[C@@H](Cc1c[nH]c2ccccc12)NC(=O)CNC(=O)c1ccccc1. The van der Waals surface area contributed by atoms with Crippen LogP contribution in [0.25, 0.3) is 10.9 Å². The largest absolute Gasteiger partial charge is 0.368 e. The van der Waals surface area contributed by atoms with Crippen LogP contribution in [0.1, 0.15) is 15.9 Å². The lowest BCUT2D eigenvalue weighted by Crippen LogP contribution is -2.49. The standard InChI is InChI=1S/C20H20N4O3/c21-19(26)17(10-14-11-22-16-9-5-4-8-15(14)16)24-18(25)12-23-20(27)13-6-2-1-3-7-13/h1-9,11,17,22H,10,12H2,(H2,21,26)(H,23,27)(H,24,25)/t17-/m1/s1. The zero-order valence-electron chi connectivity index (χ0n) is 14.6. The van der Waals surface area contributed by atoms with E-state index >= 15 is 0 Å². The zero-order valence-corrected chi connectivity index (χ0v) is 14.6. The van der Waals surface area contributed by atoms with Gasteiger partial charge in [0.05, 0.1) is 6.54 Å². The maximum absolute atomic E-state index is 12.1. The lowest BCUT2D eigenvalue weighted by atomic mass is 10.0. The van der Waals surface area contributed by atoms with Crippen molar-refractivity contribution in [2.45, 2.75) is 12.5 Å². The number of H-pyrrole nitrogens is 1. The van der Waals surface area contributed by atoms with Crippen molar-refractivity contribution in [1.82, 2.24) is 15.6 Å². The van der Waals surface area contributed by atoms with E-state index in [0.29, 0.717) is 5.56 Å². The molecule has 0 aliphatic rings. The summed E-state index contributed by atoms with van der Waals surface area (Å²) in [5.74, 6) is -1.48. The number of hydrogen-bond acceptors (Lipinski definition) is 3. The normalized spacial score (nSPS) is 11.7. The summed E-state index contributed by atoms with van der Waals surface area (Å²) in [4.78, 5) is 39.0. The molecule has 0 aliphatic carbocycles. The van der Waals surface area contributed by atoms with E-state index < -0.39 is 17.9 Å². The van der Waals surface area contributed by atoms with Gasteiger partial charge in [0, 0.05) is 29.1 Å². The Labute approximate surface area is 155 Å². The van der Waals surface area contributed by atoms with Crippen molar-refractivity contribution < 1.29 is 14.4 Å². The molecule has 0 bridgehead atoms. The Morgan fingerprint density at radius 2 is 1.70 bits per heavy atom. The number of aromatic amines is 1. The molecule has 1 heterocycles. The Bertz CT molecular complexity index is 966. The molecule has 0 aliphatic heterocycles. The molecule has 0 radical (unpaired) electrons. The Hall–Kier alpha value is -3.61. The van der Waals surface area contributed by atoms with Crippen LogP contribution in [0.15, 0.2) is 60.8 Å². The second kappa shape index (κ2) is 8.18. The first-order valence-electron chi connectivity index (χ1n) is 8.51. The maximum Gasteiger partial charge on any atom is 0.251 e. The van der Waals surface area contributed by atoms with Crippen molar-refractivity contribution in [3.63, 3.8) is 0 Å². The summed E-state index contributed by atoms with van der Waals surface area (Å²) in [6.45, 7) is -0.245. The van der Waals surface area contributed by atoms with Gasteiger partial charge in [-0.25, -0.2) is 0 Å². The lowest BCUT2D eigenvalue weighted by Gasteiger charge is -2.15. The number of fused-ring (bicyclic) bond motifs is 1. The minimum atomic E-state index is -0.870. The molecule has 3 rings (SSSR count). The molecule has 3 aromatic rings. The Morgan fingerprint density at radius 1 is 1.00 bits per heavy atom. The van der Waals surface area contributed by atoms with Gasteiger partial charge >= 0.3 is 0 Å². The van der Waals surface area contributed by atoms with Crippen molar-refractivity contribution in [3.8, 4) is 0 Å². The fourth-order valence-electron chi connectivity index (χ4n) is 2.84. The highest BCUT2D eigenvalue weighted by molar-refractivity contribution is 5.97. The van der Waals surface area contributed by atoms with E-state index in [9.17, 15) is 14.4 Å². The van der Waals surface area contributed by atoms with Crippen LogP contribution in [0.5, 0.6) is 0 Å². The molecular weight excluding hydrogens is 344 g/mol. The average molecular weight is 364 g/mol. The predicted molar refractivity (Wildman–Crippen MR) is 102 cm³/mol. The third kappa shape index (κ3) is 4.52. The number of amides is 3. The van der Waals surface area contributed by atoms with E-state index in [0.717, 1.165) is 16.5 Å². The Balaban J connectivity index is 1.60. The highest BCUT2D eigenvalue weighted by Gasteiger charge is 2.20. The van der Waals surface area contributed by atoms with E-state index in [1.807, 2.05) is 24.3 Å². The number of aromatic nitrogens is 1. The number of nitrogens with two attached hydrogens (primary N) is 1. The van der Waals surface area contributed by atoms with Gasteiger partial charge in [-0.3, -0.25) is 14.4 Å². The minimum Gasteiger partial charge on any atom is -0.368 e. The zero-order chi connectivity index (χ0) is 19.2. The molecule has 2 aromatic carbocycles. The van der Waals surface area contributed by atoms with Crippen LogP contribution in [0.3, 0.4) is 0 Å². The molecule has 1 atom stereocenters. The van der Waals surface area contributed by atoms with Gasteiger partial charge in [-0.2, -0.15) is 0 Å². The van der Waals surface area contributed by atoms with Crippen LogP contribution in [0, 0.1) is 0 Å². The van der Waals surface area contributed by atoms with E-state index in [1.54, 1.807) is 36.5 Å². The molecule has 0 unspecified atom stereocenters. The van der Waals surface area contributed by atoms with E-state index in [2.05, 4.69) is 15.6 Å². The summed E-state index contributed by atoms with van der Waals surface area (Å²) in [7, 11) is 0. The lowest BCUT2D eigenvalue weighted by molar-refractivity contribution is -0.126. The second-order valence-corrected chi connectivity index (χ2v) is 6.13. The molecule has 27 heavy (non-hydrogen) atoms. The van der Waals surface area contributed by atoms with Crippen LogP contribution in [0.4, 0.5) is 0 Å². The number of nitrogens with one attached hydrogen (secondary N) is 3. The highest BCUT2D eigenvalue weighted by Crippen LogP contribution is 2.19. The first kappa shape index (κ1) is 18.2. The van der Waals surface area contributed by atoms with Crippen molar-refractivity contribution in [1.29, 1.82) is 0 Å². The average Bonchev–Trinajstić information content (AvgIpc) is 3.09. The van der Waals surface area contributed by atoms with Crippen LogP contribution >= 0.6 is 0 Å². The topological polar surface area (TPSA) is 117 Å². The Kier molecular flexibility index (Phi) is 5.51. The number of rotatable bonds is 7. The molecule has 5 N–H and O–H groups in total. The molecule has 0 saturated carbocycles. The van der Waals surface area contributed by atoms with Crippen molar-refractivity contribution in [3.05, 3.63) is 71.9 Å². The van der Waals surface area contributed by atoms with E-state index in [1.165, 1.54) is 0 Å². The summed E-state index contributed by atoms with van der Waals surface area (Å²) in [6.07, 6.45) is 2.06. The fraction of sp³-hybridized carbons (Fsp3) is 0.150. The molecule has 7 heteroatoms. The van der Waals surface area contributed by atoms with Crippen LogP contribution < -0.4 is 16.4 Å². The van der Waals surface area contributed by atoms with Crippen molar-refractivity contribution in [2.75, 3.05) is 6.54 Å². The van der Waals surface area contributed by atoms with Gasteiger partial charge in [0.1, 0.15) is 6.04 Å². The van der Waals surface area contributed by atoms with Crippen LogP contribution in [-0.4, -0.2) is 35.3 Å². The third-order valence-corrected chi connectivity index (χ3v) is 4.22. The molecule has 138 valence electrons. The highest BCUT2D eigenvalue weighted by atomic mass is 16.2. The molecule has 7 nitrogen and oxygen atoms in total. The van der Waals surface area contributed by atoms with Crippen molar-refractivity contribution >= 4 is 28.6 Å². The quantitative estimate of drug-likeness (QED) is 0.503. The van der Waals surface area contributed by atoms with Gasteiger partial charge < -0.3 is 21.4 Å². The monoisotopic (exact) mass is 364 g/mol. The number of benzene rings is 2. The first-order valence-corrected chi connectivity index (χ1v) is 8.51. The molecule has 1 aromatic heterocycles. The van der Waals surface area contributed by atoms with E-state index in [-0.39, 0.29) is 18.9 Å².